The van der Waals surface area contributed by atoms with E-state index in [9.17, 15) is 0 Å². The Morgan fingerprint density at radius 1 is 1.17 bits per heavy atom. The highest BCUT2D eigenvalue weighted by Crippen LogP contribution is 2.56. The van der Waals surface area contributed by atoms with Gasteiger partial charge in [-0.05, 0) is 62.1 Å². The maximum Gasteiger partial charge on any atom is 0.127 e. The van der Waals surface area contributed by atoms with Crippen LogP contribution in [-0.4, -0.2) is 13.8 Å². The van der Waals surface area contributed by atoms with Crippen molar-refractivity contribution in [1.82, 2.24) is 4.98 Å². The topological polar surface area (TPSA) is 12.0 Å². The minimum Gasteiger partial charge on any atom is -0.332 e. The molecule has 128 valence electrons. The van der Waals surface area contributed by atoms with Crippen LogP contribution in [0.4, 0.5) is 0 Å². The Kier molecular flexibility index (Phi) is 3.89. The molecule has 3 atom stereocenters. The zero-order valence-corrected chi connectivity index (χ0v) is 17.4. The molecule has 3 rings (SSSR count). The highest BCUT2D eigenvalue weighted by Gasteiger charge is 2.48. The Morgan fingerprint density at radius 2 is 1.83 bits per heavy atom. The molecule has 0 radical (unpaired) electrons. The number of allylic oxidation sites excluding steroid dienone is 6. The number of hydrogen-bond donors (Lipinski definition) is 1. The molecule has 3 aliphatic carbocycles. The molecule has 0 aromatic rings. The Morgan fingerprint density at radius 3 is 2.43 bits per heavy atom. The van der Waals surface area contributed by atoms with Crippen molar-refractivity contribution in [2.24, 2.45) is 17.3 Å². The summed E-state index contributed by atoms with van der Waals surface area (Å²) in [5.41, 5.74) is 6.14. The van der Waals surface area contributed by atoms with Gasteiger partial charge in [-0.2, -0.15) is 0 Å². The average molecular weight is 330 g/mol. The average Bonchev–Trinajstić information content (AvgIpc) is 2.75. The van der Waals surface area contributed by atoms with Gasteiger partial charge in [0.1, 0.15) is 8.24 Å². The van der Waals surface area contributed by atoms with Gasteiger partial charge in [0, 0.05) is 11.0 Å². The smallest absolute Gasteiger partial charge is 0.127 e. The van der Waals surface area contributed by atoms with E-state index < -0.39 is 8.24 Å². The number of hydrogen-bond acceptors (Lipinski definition) is 1. The normalized spacial score (nSPS) is 32.9. The fraction of sp³-hybridized carbons (Fsp3) is 0.714. The summed E-state index contributed by atoms with van der Waals surface area (Å²) in [6.07, 6.45) is 10.2. The summed E-state index contributed by atoms with van der Waals surface area (Å²) in [6, 6.07) is 0. The molecule has 1 saturated carbocycles. The molecule has 0 aliphatic heterocycles. The van der Waals surface area contributed by atoms with Crippen LogP contribution in [0.1, 0.15) is 54.4 Å². The lowest BCUT2D eigenvalue weighted by Crippen LogP contribution is -2.57. The predicted molar refractivity (Wildman–Crippen MR) is 104 cm³/mol. The molecule has 0 aromatic carbocycles. The van der Waals surface area contributed by atoms with Crippen LogP contribution in [0.3, 0.4) is 0 Å². The summed E-state index contributed by atoms with van der Waals surface area (Å²) >= 11 is 0. The van der Waals surface area contributed by atoms with Crippen LogP contribution in [0.2, 0.25) is 18.6 Å². The van der Waals surface area contributed by atoms with Gasteiger partial charge in [0.2, 0.25) is 0 Å². The van der Waals surface area contributed by atoms with E-state index in [0.717, 1.165) is 17.4 Å². The van der Waals surface area contributed by atoms with Gasteiger partial charge in [0.05, 0.1) is 0 Å². The van der Waals surface area contributed by atoms with Gasteiger partial charge in [-0.25, -0.2) is 0 Å². The molecule has 0 spiro atoms. The highest BCUT2D eigenvalue weighted by molar-refractivity contribution is 6.77. The zero-order chi connectivity index (χ0) is 17.2. The Hall–Kier alpha value is -0.603. The molecule has 0 bridgehead atoms. The van der Waals surface area contributed by atoms with Gasteiger partial charge in [-0.1, -0.05) is 57.7 Å². The first-order valence-electron chi connectivity index (χ1n) is 9.34. The lowest BCUT2D eigenvalue weighted by atomic mass is 9.85. The van der Waals surface area contributed by atoms with Crippen molar-refractivity contribution in [2.75, 3.05) is 0 Å². The van der Waals surface area contributed by atoms with Gasteiger partial charge in [0.15, 0.2) is 0 Å². The van der Waals surface area contributed by atoms with Crippen molar-refractivity contribution in [2.45, 2.75) is 78.6 Å². The summed E-state index contributed by atoms with van der Waals surface area (Å²) in [5, 5.41) is 0. The second-order valence-corrected chi connectivity index (χ2v) is 14.7. The van der Waals surface area contributed by atoms with Crippen LogP contribution in [-0.2, 0) is 0 Å². The lowest BCUT2D eigenvalue weighted by Gasteiger charge is -2.41. The van der Waals surface area contributed by atoms with Crippen molar-refractivity contribution in [3.05, 3.63) is 34.9 Å². The van der Waals surface area contributed by atoms with Gasteiger partial charge >= 0.3 is 0 Å². The van der Waals surface area contributed by atoms with Crippen LogP contribution in [0.25, 0.3) is 0 Å². The van der Waals surface area contributed by atoms with Gasteiger partial charge in [-0.3, -0.25) is 0 Å². The van der Waals surface area contributed by atoms with Crippen LogP contribution >= 0.6 is 0 Å². The molecular weight excluding hydrogens is 294 g/mol. The molecule has 2 heteroatoms. The summed E-state index contributed by atoms with van der Waals surface area (Å²) in [4.78, 5) is 4.04. The predicted octanol–water partition coefficient (Wildman–Crippen LogP) is 5.83. The van der Waals surface area contributed by atoms with Gasteiger partial charge in [-0.15, -0.1) is 0 Å². The third-order valence-electron chi connectivity index (χ3n) is 5.76. The van der Waals surface area contributed by atoms with E-state index in [-0.39, 0.29) is 11.0 Å². The van der Waals surface area contributed by atoms with Crippen molar-refractivity contribution < 1.29 is 0 Å². The van der Waals surface area contributed by atoms with E-state index in [2.05, 4.69) is 77.8 Å². The van der Waals surface area contributed by atoms with E-state index in [1.807, 2.05) is 0 Å². The minimum absolute atomic E-state index is 0.211. The maximum absolute atomic E-state index is 4.04. The van der Waals surface area contributed by atoms with E-state index >= 15 is 0 Å². The van der Waals surface area contributed by atoms with Crippen molar-refractivity contribution in [3.8, 4) is 0 Å². The molecule has 0 saturated heterocycles. The van der Waals surface area contributed by atoms with E-state index in [1.165, 1.54) is 18.4 Å². The Balaban J connectivity index is 1.96. The second kappa shape index (κ2) is 5.19. The second-order valence-electron chi connectivity index (χ2n) is 10.4. The van der Waals surface area contributed by atoms with Crippen LogP contribution in [0, 0.1) is 17.3 Å². The molecule has 1 nitrogen and oxygen atoms in total. The van der Waals surface area contributed by atoms with Gasteiger partial charge < -0.3 is 4.98 Å². The first-order valence-corrected chi connectivity index (χ1v) is 12.4. The van der Waals surface area contributed by atoms with E-state index in [0.29, 0.717) is 0 Å². The number of nitrogens with one attached hydrogen (secondary N) is 1. The minimum atomic E-state index is -1.52. The van der Waals surface area contributed by atoms with Crippen molar-refractivity contribution in [3.63, 3.8) is 0 Å². The Bertz CT molecular complexity index is 598. The zero-order valence-electron chi connectivity index (χ0n) is 16.4. The third-order valence-corrected chi connectivity index (χ3v) is 9.62. The van der Waals surface area contributed by atoms with Crippen molar-refractivity contribution >= 4 is 8.24 Å². The molecular formula is C21H35NSi. The molecule has 0 aromatic heterocycles. The van der Waals surface area contributed by atoms with Crippen LogP contribution in [0.5, 0.6) is 0 Å². The first-order chi connectivity index (χ1) is 10.4. The lowest BCUT2D eigenvalue weighted by molar-refractivity contribution is 0.492. The monoisotopic (exact) mass is 329 g/mol. The van der Waals surface area contributed by atoms with Crippen LogP contribution < -0.4 is 4.98 Å². The molecule has 3 unspecified atom stereocenters. The number of fused-ring (bicyclic) bond motifs is 2. The highest BCUT2D eigenvalue weighted by atomic mass is 28.3. The number of rotatable bonds is 2. The molecule has 0 amide bonds. The van der Waals surface area contributed by atoms with Gasteiger partial charge in [0.25, 0.3) is 0 Å². The fourth-order valence-corrected chi connectivity index (χ4v) is 10.5. The molecule has 23 heavy (non-hydrogen) atoms. The molecule has 3 aliphatic rings. The molecule has 1 fully saturated rings. The quantitative estimate of drug-likeness (QED) is 0.629. The summed E-state index contributed by atoms with van der Waals surface area (Å²) in [6.45, 7) is 19.2. The summed E-state index contributed by atoms with van der Waals surface area (Å²) in [7, 11) is -1.52. The molecule has 1 N–H and O–H groups in total. The standard InChI is InChI=1S/C21H35NSi/c1-14-9-15-10-16-12-21(5,6)13-17(16)11-18(15)19(14)23(7,8)22-20(2,3)4/h11-15,19,22H,9-10H2,1-8H3. The summed E-state index contributed by atoms with van der Waals surface area (Å²) < 4.78 is 0. The van der Waals surface area contributed by atoms with Crippen LogP contribution in [0.15, 0.2) is 34.9 Å². The molecule has 0 heterocycles. The van der Waals surface area contributed by atoms with E-state index in [1.54, 1.807) is 11.1 Å². The SMILES string of the molecule is CC1CC2CC3=CC(C)(C)C=C3C=C2C1[Si](C)(C)NC(C)(C)C. The Labute approximate surface area is 144 Å². The van der Waals surface area contributed by atoms with Crippen molar-refractivity contribution in [1.29, 1.82) is 0 Å². The third kappa shape index (κ3) is 3.30. The van der Waals surface area contributed by atoms with E-state index in [4.69, 9.17) is 0 Å². The largest absolute Gasteiger partial charge is 0.332 e. The summed E-state index contributed by atoms with van der Waals surface area (Å²) in [5.74, 6) is 1.61. The maximum atomic E-state index is 4.04. The first kappa shape index (κ1) is 17.2. The fourth-order valence-electron chi connectivity index (χ4n) is 5.71.